The molecular weight excluding hydrogens is 268 g/mol. The zero-order chi connectivity index (χ0) is 14.7. The van der Waals surface area contributed by atoms with Gasteiger partial charge in [-0.15, -0.1) is 0 Å². The van der Waals surface area contributed by atoms with Crippen LogP contribution in [0.25, 0.3) is 0 Å². The van der Waals surface area contributed by atoms with Gasteiger partial charge in [-0.3, -0.25) is 4.79 Å². The molecule has 1 amide bonds. The normalized spacial score (nSPS) is 26.0. The fourth-order valence-electron chi connectivity index (χ4n) is 3.15. The van der Waals surface area contributed by atoms with E-state index >= 15 is 0 Å². The van der Waals surface area contributed by atoms with Gasteiger partial charge in [0.15, 0.2) is 0 Å². The summed E-state index contributed by atoms with van der Waals surface area (Å²) in [7, 11) is 0. The van der Waals surface area contributed by atoms with Crippen molar-refractivity contribution in [2.45, 2.75) is 39.2 Å². The first-order valence-electron chi connectivity index (χ1n) is 7.16. The summed E-state index contributed by atoms with van der Waals surface area (Å²) < 4.78 is 0. The van der Waals surface area contributed by atoms with E-state index in [1.807, 2.05) is 12.1 Å². The predicted molar refractivity (Wildman–Crippen MR) is 85.8 cm³/mol. The van der Waals surface area contributed by atoms with Crippen molar-refractivity contribution in [3.05, 3.63) is 35.4 Å². The van der Waals surface area contributed by atoms with E-state index in [4.69, 9.17) is 18.0 Å². The van der Waals surface area contributed by atoms with Gasteiger partial charge in [0.25, 0.3) is 5.91 Å². The highest BCUT2D eigenvalue weighted by Gasteiger charge is 2.25. The van der Waals surface area contributed by atoms with Crippen molar-refractivity contribution in [2.75, 3.05) is 0 Å². The molecule has 0 saturated heterocycles. The van der Waals surface area contributed by atoms with Gasteiger partial charge < -0.3 is 11.1 Å². The third-order valence-electron chi connectivity index (χ3n) is 3.92. The lowest BCUT2D eigenvalue weighted by atomic mass is 9.80. The largest absolute Gasteiger partial charge is 0.389 e. The van der Waals surface area contributed by atoms with E-state index in [1.165, 1.54) is 6.42 Å². The SMILES string of the molecule is CC1CC(C)CC(NC(=O)c2cccc(C(N)=S)c2)C1. The first-order valence-corrected chi connectivity index (χ1v) is 7.57. The van der Waals surface area contributed by atoms with E-state index in [2.05, 4.69) is 19.2 Å². The van der Waals surface area contributed by atoms with Gasteiger partial charge in [0.05, 0.1) is 0 Å². The Kier molecular flexibility index (Phi) is 4.76. The monoisotopic (exact) mass is 290 g/mol. The molecule has 4 heteroatoms. The van der Waals surface area contributed by atoms with Crippen molar-refractivity contribution in [1.82, 2.24) is 5.32 Å². The van der Waals surface area contributed by atoms with Crippen LogP contribution in [0.4, 0.5) is 0 Å². The molecule has 1 aliphatic rings. The van der Waals surface area contributed by atoms with Crippen LogP contribution >= 0.6 is 12.2 Å². The van der Waals surface area contributed by atoms with Crippen LogP contribution in [0.1, 0.15) is 49.0 Å². The zero-order valence-corrected chi connectivity index (χ0v) is 12.9. The van der Waals surface area contributed by atoms with E-state index in [0.29, 0.717) is 22.4 Å². The molecular formula is C16H22N2OS. The number of carbonyl (C=O) groups is 1. The van der Waals surface area contributed by atoms with E-state index in [9.17, 15) is 4.79 Å². The molecule has 20 heavy (non-hydrogen) atoms. The second kappa shape index (κ2) is 6.35. The Bertz CT molecular complexity index is 505. The molecule has 3 N–H and O–H groups in total. The van der Waals surface area contributed by atoms with Crippen molar-refractivity contribution in [3.8, 4) is 0 Å². The molecule has 2 unspecified atom stereocenters. The smallest absolute Gasteiger partial charge is 0.251 e. The van der Waals surface area contributed by atoms with Crippen LogP contribution in [0, 0.1) is 11.8 Å². The first kappa shape index (κ1) is 15.0. The number of amides is 1. The van der Waals surface area contributed by atoms with E-state index in [-0.39, 0.29) is 11.9 Å². The molecule has 0 heterocycles. The maximum Gasteiger partial charge on any atom is 0.251 e. The van der Waals surface area contributed by atoms with Gasteiger partial charge in [0, 0.05) is 17.2 Å². The Morgan fingerprint density at radius 3 is 2.40 bits per heavy atom. The summed E-state index contributed by atoms with van der Waals surface area (Å²) in [6, 6.07) is 7.47. The summed E-state index contributed by atoms with van der Waals surface area (Å²) >= 11 is 4.95. The maximum atomic E-state index is 12.3. The van der Waals surface area contributed by atoms with Crippen molar-refractivity contribution in [1.29, 1.82) is 0 Å². The zero-order valence-electron chi connectivity index (χ0n) is 12.1. The number of benzene rings is 1. The molecule has 2 rings (SSSR count). The molecule has 1 aliphatic carbocycles. The van der Waals surface area contributed by atoms with Gasteiger partial charge in [0.2, 0.25) is 0 Å². The molecule has 0 aliphatic heterocycles. The topological polar surface area (TPSA) is 55.1 Å². The number of hydrogen-bond acceptors (Lipinski definition) is 2. The Morgan fingerprint density at radius 2 is 1.80 bits per heavy atom. The molecule has 1 fully saturated rings. The summed E-state index contributed by atoms with van der Waals surface area (Å²) in [5, 5.41) is 3.14. The van der Waals surface area contributed by atoms with Crippen molar-refractivity contribution in [3.63, 3.8) is 0 Å². The Balaban J connectivity index is 2.04. The number of hydrogen-bond donors (Lipinski definition) is 2. The number of thiocarbonyl (C=S) groups is 1. The van der Waals surface area contributed by atoms with Crippen molar-refractivity contribution < 1.29 is 4.79 Å². The lowest BCUT2D eigenvalue weighted by Gasteiger charge is -2.32. The third kappa shape index (κ3) is 3.79. The summed E-state index contributed by atoms with van der Waals surface area (Å²) in [4.78, 5) is 12.6. The summed E-state index contributed by atoms with van der Waals surface area (Å²) in [5.74, 6) is 1.31. The van der Waals surface area contributed by atoms with Gasteiger partial charge in [-0.25, -0.2) is 0 Å². The average Bonchev–Trinajstić information content (AvgIpc) is 2.37. The highest BCUT2D eigenvalue weighted by Crippen LogP contribution is 2.28. The predicted octanol–water partition coefficient (Wildman–Crippen LogP) is 2.88. The lowest BCUT2D eigenvalue weighted by Crippen LogP contribution is -2.40. The quantitative estimate of drug-likeness (QED) is 0.842. The minimum atomic E-state index is -0.0330. The molecule has 1 aromatic carbocycles. The van der Waals surface area contributed by atoms with Gasteiger partial charge in [-0.1, -0.05) is 38.2 Å². The minimum absolute atomic E-state index is 0.0330. The Labute approximate surface area is 125 Å². The minimum Gasteiger partial charge on any atom is -0.389 e. The van der Waals surface area contributed by atoms with Crippen LogP contribution in [0.15, 0.2) is 24.3 Å². The lowest BCUT2D eigenvalue weighted by molar-refractivity contribution is 0.0911. The Hall–Kier alpha value is -1.42. The second-order valence-corrected chi connectivity index (χ2v) is 6.47. The number of nitrogens with one attached hydrogen (secondary N) is 1. The molecule has 0 spiro atoms. The van der Waals surface area contributed by atoms with Crippen LogP contribution in [-0.2, 0) is 0 Å². The standard InChI is InChI=1S/C16H22N2OS/c1-10-6-11(2)8-14(7-10)18-16(19)13-5-3-4-12(9-13)15(17)20/h3-5,9-11,14H,6-8H2,1-2H3,(H2,17,20)(H,18,19). The van der Waals surface area contributed by atoms with Crippen LogP contribution < -0.4 is 11.1 Å². The molecule has 2 atom stereocenters. The van der Waals surface area contributed by atoms with Gasteiger partial charge in [-0.2, -0.15) is 0 Å². The second-order valence-electron chi connectivity index (χ2n) is 6.03. The molecule has 0 radical (unpaired) electrons. The fraction of sp³-hybridized carbons (Fsp3) is 0.500. The molecule has 0 bridgehead atoms. The average molecular weight is 290 g/mol. The molecule has 108 valence electrons. The van der Waals surface area contributed by atoms with Gasteiger partial charge in [-0.05, 0) is 43.2 Å². The highest BCUT2D eigenvalue weighted by molar-refractivity contribution is 7.80. The van der Waals surface area contributed by atoms with Crippen LogP contribution in [0.3, 0.4) is 0 Å². The number of nitrogens with two attached hydrogens (primary N) is 1. The van der Waals surface area contributed by atoms with E-state index in [0.717, 1.165) is 18.4 Å². The van der Waals surface area contributed by atoms with Gasteiger partial charge >= 0.3 is 0 Å². The first-order chi connectivity index (χ1) is 9.45. The third-order valence-corrected chi connectivity index (χ3v) is 4.16. The fourth-order valence-corrected chi connectivity index (χ4v) is 3.27. The highest BCUT2D eigenvalue weighted by atomic mass is 32.1. The van der Waals surface area contributed by atoms with E-state index in [1.54, 1.807) is 12.1 Å². The van der Waals surface area contributed by atoms with Crippen LogP contribution in [0.5, 0.6) is 0 Å². The molecule has 1 aromatic rings. The number of carbonyl (C=O) groups excluding carboxylic acids is 1. The number of rotatable bonds is 3. The summed E-state index contributed by atoms with van der Waals surface area (Å²) in [5.41, 5.74) is 6.96. The maximum absolute atomic E-state index is 12.3. The molecule has 3 nitrogen and oxygen atoms in total. The molecule has 0 aromatic heterocycles. The van der Waals surface area contributed by atoms with Crippen molar-refractivity contribution in [2.24, 2.45) is 17.6 Å². The summed E-state index contributed by atoms with van der Waals surface area (Å²) in [6.07, 6.45) is 3.37. The van der Waals surface area contributed by atoms with Crippen molar-refractivity contribution >= 4 is 23.1 Å². The van der Waals surface area contributed by atoms with Crippen LogP contribution in [-0.4, -0.2) is 16.9 Å². The molecule has 1 saturated carbocycles. The summed E-state index contributed by atoms with van der Waals surface area (Å²) in [6.45, 7) is 4.50. The van der Waals surface area contributed by atoms with E-state index < -0.39 is 0 Å². The Morgan fingerprint density at radius 1 is 1.20 bits per heavy atom. The van der Waals surface area contributed by atoms with Crippen LogP contribution in [0.2, 0.25) is 0 Å². The van der Waals surface area contributed by atoms with Gasteiger partial charge in [0.1, 0.15) is 4.99 Å².